The third kappa shape index (κ3) is 7.50. The molecule has 1 aromatic carbocycles. The Morgan fingerprint density at radius 3 is 2.29 bits per heavy atom. The fourth-order valence-corrected chi connectivity index (χ4v) is 6.21. The highest BCUT2D eigenvalue weighted by Gasteiger charge is 2.30. The predicted molar refractivity (Wildman–Crippen MR) is 148 cm³/mol. The molecule has 5 heteroatoms. The summed E-state index contributed by atoms with van der Waals surface area (Å²) in [6.07, 6.45) is 6.67. The van der Waals surface area contributed by atoms with E-state index in [0.717, 1.165) is 41.9 Å². The second-order valence-corrected chi connectivity index (χ2v) is 12.9. The quantitative estimate of drug-likeness (QED) is 0.422. The summed E-state index contributed by atoms with van der Waals surface area (Å²) in [5, 5.41) is 12.6. The minimum Gasteiger partial charge on any atom is -0.478 e. The predicted octanol–water partition coefficient (Wildman–Crippen LogP) is 7.77. The number of carbonyl (C=O) groups is 2. The van der Waals surface area contributed by atoms with E-state index < -0.39 is 5.97 Å². The summed E-state index contributed by atoms with van der Waals surface area (Å²) in [4.78, 5) is 25.9. The van der Waals surface area contributed by atoms with E-state index in [4.69, 9.17) is 0 Å². The number of carboxylic acids is 1. The number of Topliss-reactive ketones (excluding diaryl/α,β-unsaturated/α-hetero) is 1. The third-order valence-corrected chi connectivity index (χ3v) is 8.48. The van der Waals surface area contributed by atoms with Crippen molar-refractivity contribution < 1.29 is 14.7 Å². The SMILES string of the molecule is C.CC(C)(C)c1cccc(C(=O)CC2CCCC2)c1.CC(C)(C)c1sc2c(c1C(=O)O)CCNC2. The number of benzene rings is 1. The summed E-state index contributed by atoms with van der Waals surface area (Å²) >= 11 is 1.65. The van der Waals surface area contributed by atoms with E-state index in [1.165, 1.54) is 36.1 Å². The lowest BCUT2D eigenvalue weighted by Gasteiger charge is -2.19. The fourth-order valence-electron chi connectivity index (χ4n) is 4.84. The van der Waals surface area contributed by atoms with Crippen LogP contribution in [0, 0.1) is 5.92 Å². The molecule has 35 heavy (non-hydrogen) atoms. The number of nitrogens with one attached hydrogen (secondary N) is 1. The van der Waals surface area contributed by atoms with E-state index in [0.29, 0.717) is 17.3 Å². The van der Waals surface area contributed by atoms with Crippen LogP contribution in [0.15, 0.2) is 24.3 Å². The summed E-state index contributed by atoms with van der Waals surface area (Å²) < 4.78 is 0. The van der Waals surface area contributed by atoms with Crippen molar-refractivity contribution in [1.29, 1.82) is 0 Å². The Bertz CT molecular complexity index is 1020. The Hall–Kier alpha value is -1.98. The lowest BCUT2D eigenvalue weighted by atomic mass is 9.85. The lowest BCUT2D eigenvalue weighted by molar-refractivity contribution is 0.0693. The van der Waals surface area contributed by atoms with Gasteiger partial charge < -0.3 is 10.4 Å². The lowest BCUT2D eigenvalue weighted by Crippen LogP contribution is -2.23. The van der Waals surface area contributed by atoms with Crippen LogP contribution in [-0.2, 0) is 23.8 Å². The zero-order valence-corrected chi connectivity index (χ0v) is 22.5. The van der Waals surface area contributed by atoms with Gasteiger partial charge in [-0.15, -0.1) is 11.3 Å². The van der Waals surface area contributed by atoms with Gasteiger partial charge in [0.25, 0.3) is 0 Å². The van der Waals surface area contributed by atoms with Crippen molar-refractivity contribution in [3.05, 3.63) is 56.3 Å². The summed E-state index contributed by atoms with van der Waals surface area (Å²) in [6.45, 7) is 14.5. The standard InChI is InChI=1S/C17H24O.C12H17NO2S.CH4/c1-17(2,3)15-10-6-9-14(12-15)16(18)11-13-7-4-5-8-13;1-12(2,3)10-9(11(14)15)7-4-5-13-6-8(7)16-10;/h6,9-10,12-13H,4-5,7-8,11H2,1-3H3;13H,4-6H2,1-3H3,(H,14,15);1H4. The number of carbonyl (C=O) groups excluding carboxylic acids is 1. The molecule has 0 spiro atoms. The van der Waals surface area contributed by atoms with Crippen molar-refractivity contribution in [2.45, 2.75) is 105 Å². The molecule has 2 N–H and O–H groups in total. The number of thiophene rings is 1. The maximum Gasteiger partial charge on any atom is 0.337 e. The van der Waals surface area contributed by atoms with Crippen molar-refractivity contribution in [2.24, 2.45) is 5.92 Å². The van der Waals surface area contributed by atoms with Gasteiger partial charge in [-0.2, -0.15) is 0 Å². The first-order valence-corrected chi connectivity index (χ1v) is 13.4. The summed E-state index contributed by atoms with van der Waals surface area (Å²) in [6, 6.07) is 8.18. The molecular weight excluding hydrogens is 454 g/mol. The molecule has 1 aliphatic heterocycles. The second kappa shape index (κ2) is 11.8. The van der Waals surface area contributed by atoms with Gasteiger partial charge in [0, 0.05) is 28.3 Å². The van der Waals surface area contributed by atoms with Gasteiger partial charge in [-0.05, 0) is 46.9 Å². The van der Waals surface area contributed by atoms with E-state index in [-0.39, 0.29) is 18.3 Å². The largest absolute Gasteiger partial charge is 0.478 e. The molecule has 1 saturated carbocycles. The molecule has 4 rings (SSSR count). The van der Waals surface area contributed by atoms with Gasteiger partial charge >= 0.3 is 5.97 Å². The van der Waals surface area contributed by atoms with Crippen LogP contribution in [0.2, 0.25) is 0 Å². The fraction of sp³-hybridized carbons (Fsp3) is 0.600. The van der Waals surface area contributed by atoms with Crippen LogP contribution in [0.3, 0.4) is 0 Å². The van der Waals surface area contributed by atoms with Crippen molar-refractivity contribution in [2.75, 3.05) is 6.54 Å². The van der Waals surface area contributed by atoms with Crippen molar-refractivity contribution in [3.8, 4) is 0 Å². The summed E-state index contributed by atoms with van der Waals surface area (Å²) in [5.41, 5.74) is 3.80. The van der Waals surface area contributed by atoms with Crippen LogP contribution in [-0.4, -0.2) is 23.4 Å². The second-order valence-electron chi connectivity index (χ2n) is 11.8. The van der Waals surface area contributed by atoms with Crippen LogP contribution in [0.1, 0.15) is 123 Å². The topological polar surface area (TPSA) is 66.4 Å². The maximum atomic E-state index is 12.3. The molecule has 0 saturated heterocycles. The molecule has 2 aromatic rings. The Labute approximate surface area is 216 Å². The van der Waals surface area contributed by atoms with Crippen LogP contribution < -0.4 is 5.32 Å². The first-order chi connectivity index (χ1) is 15.9. The molecule has 0 atom stereocenters. The average molecular weight is 500 g/mol. The van der Waals surface area contributed by atoms with Gasteiger partial charge in [0.2, 0.25) is 0 Å². The van der Waals surface area contributed by atoms with Gasteiger partial charge in [-0.3, -0.25) is 4.79 Å². The third-order valence-electron chi connectivity index (χ3n) is 6.82. The zero-order chi connectivity index (χ0) is 25.1. The normalized spacial score (nSPS) is 16.1. The number of fused-ring (bicyclic) bond motifs is 1. The molecule has 1 aromatic heterocycles. The molecule has 194 valence electrons. The van der Waals surface area contributed by atoms with Crippen LogP contribution >= 0.6 is 11.3 Å². The van der Waals surface area contributed by atoms with E-state index >= 15 is 0 Å². The summed E-state index contributed by atoms with van der Waals surface area (Å²) in [5.74, 6) is 0.188. The number of hydrogen-bond donors (Lipinski definition) is 2. The highest BCUT2D eigenvalue weighted by Crippen LogP contribution is 2.38. The highest BCUT2D eigenvalue weighted by molar-refractivity contribution is 7.12. The zero-order valence-electron chi connectivity index (χ0n) is 21.7. The van der Waals surface area contributed by atoms with E-state index in [2.05, 4.69) is 59.0 Å². The first kappa shape index (κ1) is 29.3. The molecule has 1 fully saturated rings. The molecular formula is C30H45NO3S. The molecule has 0 radical (unpaired) electrons. The summed E-state index contributed by atoms with van der Waals surface area (Å²) in [7, 11) is 0. The van der Waals surface area contributed by atoms with E-state index in [1.54, 1.807) is 11.3 Å². The first-order valence-electron chi connectivity index (χ1n) is 12.6. The van der Waals surface area contributed by atoms with Gasteiger partial charge in [0.05, 0.1) is 5.56 Å². The van der Waals surface area contributed by atoms with Gasteiger partial charge in [0.15, 0.2) is 5.78 Å². The van der Waals surface area contributed by atoms with Crippen LogP contribution in [0.5, 0.6) is 0 Å². The molecule has 0 amide bonds. The van der Waals surface area contributed by atoms with Crippen molar-refractivity contribution in [1.82, 2.24) is 5.32 Å². The minimum atomic E-state index is -0.774. The number of hydrogen-bond acceptors (Lipinski definition) is 4. The highest BCUT2D eigenvalue weighted by atomic mass is 32.1. The monoisotopic (exact) mass is 499 g/mol. The Kier molecular flexibility index (Phi) is 9.89. The van der Waals surface area contributed by atoms with Crippen molar-refractivity contribution >= 4 is 23.1 Å². The molecule has 0 unspecified atom stereocenters. The van der Waals surface area contributed by atoms with Crippen LogP contribution in [0.25, 0.3) is 0 Å². The smallest absolute Gasteiger partial charge is 0.337 e. The molecule has 4 nitrogen and oxygen atoms in total. The number of carboxylic acid groups (broad SMARTS) is 1. The Morgan fingerprint density at radius 1 is 1.06 bits per heavy atom. The molecule has 1 aliphatic carbocycles. The maximum absolute atomic E-state index is 12.3. The Balaban J connectivity index is 0.000000241. The van der Waals surface area contributed by atoms with E-state index in [1.807, 2.05) is 12.1 Å². The van der Waals surface area contributed by atoms with Gasteiger partial charge in [0.1, 0.15) is 0 Å². The Morgan fingerprint density at radius 2 is 1.71 bits per heavy atom. The minimum absolute atomic E-state index is 0. The molecule has 2 heterocycles. The molecule has 0 bridgehead atoms. The van der Waals surface area contributed by atoms with Gasteiger partial charge in [-0.1, -0.05) is 92.9 Å². The average Bonchev–Trinajstić information content (AvgIpc) is 3.41. The van der Waals surface area contributed by atoms with E-state index in [9.17, 15) is 14.7 Å². The number of rotatable bonds is 4. The number of ketones is 1. The molecule has 2 aliphatic rings. The number of aromatic carboxylic acids is 1. The van der Waals surface area contributed by atoms with Crippen molar-refractivity contribution in [3.63, 3.8) is 0 Å². The van der Waals surface area contributed by atoms with Crippen LogP contribution in [0.4, 0.5) is 0 Å². The van der Waals surface area contributed by atoms with Gasteiger partial charge in [-0.25, -0.2) is 4.79 Å².